The van der Waals surface area contributed by atoms with Crippen LogP contribution in [-0.4, -0.2) is 9.55 Å². The van der Waals surface area contributed by atoms with E-state index in [1.54, 1.807) is 18.2 Å². The summed E-state index contributed by atoms with van der Waals surface area (Å²) in [5.41, 5.74) is 6.66. The number of nitrogens with two attached hydrogens (primary N) is 1. The lowest BCUT2D eigenvalue weighted by molar-refractivity contribution is 0.579. The van der Waals surface area contributed by atoms with Gasteiger partial charge >= 0.3 is 0 Å². The number of nitrogen functional groups attached to an aromatic ring is 1. The van der Waals surface area contributed by atoms with Crippen LogP contribution in [0.2, 0.25) is 10.0 Å². The minimum absolute atomic E-state index is 0.0144. The Bertz CT molecular complexity index is 807. The first-order valence-electron chi connectivity index (χ1n) is 5.56. The van der Waals surface area contributed by atoms with Gasteiger partial charge in [-0.15, -0.1) is 0 Å². The molecule has 0 unspecified atom stereocenters. The Morgan fingerprint density at radius 2 is 1.85 bits per heavy atom. The first-order chi connectivity index (χ1) is 9.49. The molecular formula is C13H7Cl2F2N3. The molecule has 20 heavy (non-hydrogen) atoms. The van der Waals surface area contributed by atoms with Crippen LogP contribution in [0, 0.1) is 11.6 Å². The molecule has 0 fully saturated rings. The summed E-state index contributed by atoms with van der Waals surface area (Å²) < 4.78 is 28.5. The maximum Gasteiger partial charge on any atom is 0.206 e. The van der Waals surface area contributed by atoms with Crippen LogP contribution in [0.3, 0.4) is 0 Å². The Morgan fingerprint density at radius 3 is 2.55 bits per heavy atom. The number of imidazole rings is 1. The molecule has 2 aromatic carbocycles. The first-order valence-corrected chi connectivity index (χ1v) is 6.32. The molecule has 0 saturated heterocycles. The van der Waals surface area contributed by atoms with Crippen LogP contribution >= 0.6 is 23.2 Å². The van der Waals surface area contributed by atoms with Gasteiger partial charge in [-0.25, -0.2) is 13.8 Å². The number of hydrogen-bond donors (Lipinski definition) is 1. The van der Waals surface area contributed by atoms with Crippen molar-refractivity contribution in [3.8, 4) is 5.69 Å². The van der Waals surface area contributed by atoms with Crippen LogP contribution in [0.25, 0.3) is 16.7 Å². The molecule has 0 radical (unpaired) electrons. The summed E-state index contributed by atoms with van der Waals surface area (Å²) in [6.45, 7) is 0. The van der Waals surface area contributed by atoms with E-state index in [1.165, 1.54) is 4.57 Å². The van der Waals surface area contributed by atoms with Crippen LogP contribution in [0.5, 0.6) is 0 Å². The zero-order valence-electron chi connectivity index (χ0n) is 9.87. The summed E-state index contributed by atoms with van der Waals surface area (Å²) in [7, 11) is 0. The number of hydrogen-bond acceptors (Lipinski definition) is 2. The summed E-state index contributed by atoms with van der Waals surface area (Å²) in [6.07, 6.45) is 0. The fourth-order valence-electron chi connectivity index (χ4n) is 2.07. The van der Waals surface area contributed by atoms with Gasteiger partial charge in [0.25, 0.3) is 0 Å². The maximum absolute atomic E-state index is 14.0. The van der Waals surface area contributed by atoms with E-state index in [1.807, 2.05) is 0 Å². The van der Waals surface area contributed by atoms with Gasteiger partial charge < -0.3 is 5.73 Å². The predicted octanol–water partition coefficient (Wildman–Crippen LogP) is 4.19. The van der Waals surface area contributed by atoms with Gasteiger partial charge in [-0.3, -0.25) is 4.57 Å². The van der Waals surface area contributed by atoms with Crippen molar-refractivity contribution in [3.63, 3.8) is 0 Å². The third-order valence-corrected chi connectivity index (χ3v) is 3.46. The van der Waals surface area contributed by atoms with Gasteiger partial charge in [-0.05, 0) is 18.2 Å². The average Bonchev–Trinajstić information content (AvgIpc) is 2.67. The highest BCUT2D eigenvalue weighted by Gasteiger charge is 2.18. The number of aromatic nitrogens is 2. The summed E-state index contributed by atoms with van der Waals surface area (Å²) in [5, 5.41) is 0.278. The van der Waals surface area contributed by atoms with Gasteiger partial charge in [-0.1, -0.05) is 29.3 Å². The van der Waals surface area contributed by atoms with Crippen molar-refractivity contribution < 1.29 is 8.78 Å². The molecule has 3 nitrogen and oxygen atoms in total. The van der Waals surface area contributed by atoms with E-state index in [0.29, 0.717) is 16.1 Å². The SMILES string of the molecule is Nc1nc2c(Cl)cccc2n1-c1c(F)cc(F)cc1Cl. The third-order valence-electron chi connectivity index (χ3n) is 2.87. The highest BCUT2D eigenvalue weighted by atomic mass is 35.5. The van der Waals surface area contributed by atoms with E-state index >= 15 is 0 Å². The Hall–Kier alpha value is -1.85. The number of anilines is 1. The number of para-hydroxylation sites is 1. The van der Waals surface area contributed by atoms with E-state index in [0.717, 1.165) is 12.1 Å². The van der Waals surface area contributed by atoms with Gasteiger partial charge in [0.05, 0.1) is 15.6 Å². The first kappa shape index (κ1) is 13.1. The normalized spacial score (nSPS) is 11.2. The van der Waals surface area contributed by atoms with Gasteiger partial charge in [0.2, 0.25) is 5.95 Å². The van der Waals surface area contributed by atoms with Crippen LogP contribution in [-0.2, 0) is 0 Å². The molecule has 7 heteroatoms. The second-order valence-corrected chi connectivity index (χ2v) is 4.95. The molecule has 1 heterocycles. The van der Waals surface area contributed by atoms with E-state index < -0.39 is 11.6 Å². The van der Waals surface area contributed by atoms with Gasteiger partial charge in [0.15, 0.2) is 5.82 Å². The summed E-state index contributed by atoms with van der Waals surface area (Å²) in [5.74, 6) is -1.58. The molecule has 0 aliphatic carbocycles. The zero-order chi connectivity index (χ0) is 14.4. The Morgan fingerprint density at radius 1 is 1.10 bits per heavy atom. The number of benzene rings is 2. The van der Waals surface area contributed by atoms with Crippen molar-refractivity contribution in [2.24, 2.45) is 0 Å². The van der Waals surface area contributed by atoms with E-state index in [-0.39, 0.29) is 16.7 Å². The van der Waals surface area contributed by atoms with Crippen LogP contribution in [0.1, 0.15) is 0 Å². The molecule has 0 spiro atoms. The highest BCUT2D eigenvalue weighted by molar-refractivity contribution is 6.35. The highest BCUT2D eigenvalue weighted by Crippen LogP contribution is 2.33. The molecular weight excluding hydrogens is 307 g/mol. The molecule has 102 valence electrons. The molecule has 3 aromatic rings. The van der Waals surface area contributed by atoms with Crippen molar-refractivity contribution in [2.45, 2.75) is 0 Å². The largest absolute Gasteiger partial charge is 0.369 e. The standard InChI is InChI=1S/C13H7Cl2F2N3/c14-7-2-1-3-10-11(7)19-13(18)20(10)12-8(15)4-6(16)5-9(12)17/h1-5H,(H2,18,19). The summed E-state index contributed by atoms with van der Waals surface area (Å²) in [4.78, 5) is 4.08. The van der Waals surface area contributed by atoms with E-state index in [9.17, 15) is 8.78 Å². The monoisotopic (exact) mass is 313 g/mol. The molecule has 0 bridgehead atoms. The van der Waals surface area contributed by atoms with Gasteiger partial charge in [0.1, 0.15) is 17.0 Å². The Kier molecular flexibility index (Phi) is 3.03. The predicted molar refractivity (Wildman–Crippen MR) is 75.4 cm³/mol. The minimum atomic E-state index is -0.832. The van der Waals surface area contributed by atoms with E-state index in [4.69, 9.17) is 28.9 Å². The number of fused-ring (bicyclic) bond motifs is 1. The third kappa shape index (κ3) is 1.90. The summed E-state index contributed by atoms with van der Waals surface area (Å²) in [6, 6.07) is 6.73. The van der Waals surface area contributed by atoms with Gasteiger partial charge in [-0.2, -0.15) is 0 Å². The fraction of sp³-hybridized carbons (Fsp3) is 0. The lowest BCUT2D eigenvalue weighted by Gasteiger charge is -2.10. The lowest BCUT2D eigenvalue weighted by atomic mass is 10.2. The molecule has 1 aromatic heterocycles. The fourth-order valence-corrected chi connectivity index (χ4v) is 2.56. The second-order valence-electron chi connectivity index (χ2n) is 4.13. The lowest BCUT2D eigenvalue weighted by Crippen LogP contribution is -2.04. The van der Waals surface area contributed by atoms with Crippen molar-refractivity contribution in [1.82, 2.24) is 9.55 Å². The Balaban J connectivity index is 2.42. The van der Waals surface area contributed by atoms with Crippen molar-refractivity contribution in [2.75, 3.05) is 5.73 Å². The van der Waals surface area contributed by atoms with Crippen LogP contribution in [0.15, 0.2) is 30.3 Å². The van der Waals surface area contributed by atoms with Crippen molar-refractivity contribution in [1.29, 1.82) is 0 Å². The summed E-state index contributed by atoms with van der Waals surface area (Å²) >= 11 is 11.9. The maximum atomic E-state index is 14.0. The topological polar surface area (TPSA) is 43.8 Å². The molecule has 0 saturated carbocycles. The quantitative estimate of drug-likeness (QED) is 0.732. The van der Waals surface area contributed by atoms with E-state index in [2.05, 4.69) is 4.98 Å². The zero-order valence-corrected chi connectivity index (χ0v) is 11.4. The second kappa shape index (κ2) is 4.61. The number of rotatable bonds is 1. The molecule has 0 aliphatic rings. The number of nitrogens with zero attached hydrogens (tertiary/aromatic N) is 2. The van der Waals surface area contributed by atoms with Crippen molar-refractivity contribution >= 4 is 40.2 Å². The van der Waals surface area contributed by atoms with Gasteiger partial charge in [0, 0.05) is 6.07 Å². The smallest absolute Gasteiger partial charge is 0.206 e. The van der Waals surface area contributed by atoms with Crippen LogP contribution in [0.4, 0.5) is 14.7 Å². The molecule has 3 rings (SSSR count). The molecule has 0 amide bonds. The van der Waals surface area contributed by atoms with Crippen LogP contribution < -0.4 is 5.73 Å². The Labute approximate surface area is 122 Å². The minimum Gasteiger partial charge on any atom is -0.369 e. The number of halogens is 4. The molecule has 0 atom stereocenters. The average molecular weight is 314 g/mol. The van der Waals surface area contributed by atoms with Crippen molar-refractivity contribution in [3.05, 3.63) is 52.0 Å². The molecule has 0 aliphatic heterocycles. The molecule has 2 N–H and O–H groups in total.